The molecule has 2 heteroatoms. The minimum atomic E-state index is 1.04. The van der Waals surface area contributed by atoms with E-state index in [1.807, 2.05) is 36.0 Å². The number of hydrogen-bond acceptors (Lipinski definition) is 1. The highest BCUT2D eigenvalue weighted by molar-refractivity contribution is 5.48. The van der Waals surface area contributed by atoms with Gasteiger partial charge in [-0.1, -0.05) is 0 Å². The van der Waals surface area contributed by atoms with Crippen LogP contribution in [0, 0.1) is 11.3 Å². The van der Waals surface area contributed by atoms with Crippen LogP contribution in [0.25, 0.3) is 6.08 Å². The fourth-order valence-electron chi connectivity index (χ4n) is 0.770. The standard InChI is InChI=1S/C8H8N2/c1-10-7-3-5-8(10)4-2-6-9/h2-5,7H,1H3/b4-2+. The normalized spacial score (nSPS) is 10.0. The van der Waals surface area contributed by atoms with Gasteiger partial charge in [-0.2, -0.15) is 5.26 Å². The highest BCUT2D eigenvalue weighted by Gasteiger charge is 1.87. The van der Waals surface area contributed by atoms with Gasteiger partial charge in [-0.05, 0) is 18.2 Å². The van der Waals surface area contributed by atoms with Gasteiger partial charge in [0.2, 0.25) is 0 Å². The van der Waals surface area contributed by atoms with Crippen LogP contribution in [0.4, 0.5) is 0 Å². The van der Waals surface area contributed by atoms with Crippen LogP contribution in [0.2, 0.25) is 0 Å². The zero-order valence-electron chi connectivity index (χ0n) is 5.78. The largest absolute Gasteiger partial charge is 0.351 e. The Bertz CT molecular complexity index is 276. The summed E-state index contributed by atoms with van der Waals surface area (Å²) in [6, 6.07) is 5.83. The van der Waals surface area contributed by atoms with E-state index in [1.165, 1.54) is 6.08 Å². The molecule has 1 aromatic heterocycles. The molecule has 0 amide bonds. The van der Waals surface area contributed by atoms with Gasteiger partial charge in [-0.15, -0.1) is 0 Å². The molecular formula is C8H8N2. The Morgan fingerprint density at radius 2 is 2.50 bits per heavy atom. The minimum Gasteiger partial charge on any atom is -0.351 e. The summed E-state index contributed by atoms with van der Waals surface area (Å²) >= 11 is 0. The topological polar surface area (TPSA) is 28.7 Å². The third-order valence-corrected chi connectivity index (χ3v) is 1.31. The van der Waals surface area contributed by atoms with Gasteiger partial charge in [0.25, 0.3) is 0 Å². The molecule has 0 aliphatic carbocycles. The number of aryl methyl sites for hydroxylation is 1. The Balaban J connectivity index is 2.87. The lowest BCUT2D eigenvalue weighted by Gasteiger charge is -1.92. The average molecular weight is 132 g/mol. The Kier molecular flexibility index (Phi) is 1.91. The second-order valence-corrected chi connectivity index (χ2v) is 2.01. The van der Waals surface area contributed by atoms with E-state index in [2.05, 4.69) is 0 Å². The van der Waals surface area contributed by atoms with E-state index in [1.54, 1.807) is 6.08 Å². The van der Waals surface area contributed by atoms with Crippen LogP contribution in [-0.4, -0.2) is 4.57 Å². The molecule has 1 heterocycles. The summed E-state index contributed by atoms with van der Waals surface area (Å²) in [5, 5.41) is 8.21. The van der Waals surface area contributed by atoms with Crippen LogP contribution in [-0.2, 0) is 7.05 Å². The van der Waals surface area contributed by atoms with Crippen molar-refractivity contribution < 1.29 is 0 Å². The van der Waals surface area contributed by atoms with Crippen molar-refractivity contribution >= 4 is 6.08 Å². The van der Waals surface area contributed by atoms with Crippen molar-refractivity contribution in [2.24, 2.45) is 7.05 Å². The van der Waals surface area contributed by atoms with Gasteiger partial charge in [0.1, 0.15) is 0 Å². The van der Waals surface area contributed by atoms with Crippen molar-refractivity contribution in [1.82, 2.24) is 4.57 Å². The Hall–Kier alpha value is -1.49. The molecule has 0 bridgehead atoms. The Labute approximate surface area is 60.0 Å². The molecule has 10 heavy (non-hydrogen) atoms. The second kappa shape index (κ2) is 2.88. The van der Waals surface area contributed by atoms with Crippen LogP contribution < -0.4 is 0 Å². The second-order valence-electron chi connectivity index (χ2n) is 2.01. The molecule has 0 aliphatic rings. The zero-order chi connectivity index (χ0) is 7.40. The molecule has 0 unspecified atom stereocenters. The smallest absolute Gasteiger partial charge is 0.0912 e. The zero-order valence-corrected chi connectivity index (χ0v) is 5.78. The quantitative estimate of drug-likeness (QED) is 0.533. The van der Waals surface area contributed by atoms with Gasteiger partial charge in [-0.25, -0.2) is 0 Å². The molecule has 0 radical (unpaired) electrons. The minimum absolute atomic E-state index is 1.04. The summed E-state index contributed by atoms with van der Waals surface area (Å²) in [5.74, 6) is 0. The molecule has 0 saturated heterocycles. The number of hydrogen-bond donors (Lipinski definition) is 0. The summed E-state index contributed by atoms with van der Waals surface area (Å²) in [6.07, 6.45) is 5.19. The summed E-state index contributed by atoms with van der Waals surface area (Å²) in [6.45, 7) is 0. The predicted octanol–water partition coefficient (Wildman–Crippen LogP) is 1.56. The van der Waals surface area contributed by atoms with Gasteiger partial charge in [0, 0.05) is 25.0 Å². The van der Waals surface area contributed by atoms with E-state index >= 15 is 0 Å². The van der Waals surface area contributed by atoms with Crippen LogP contribution >= 0.6 is 0 Å². The van der Waals surface area contributed by atoms with E-state index in [0.29, 0.717) is 0 Å². The summed E-state index contributed by atoms with van der Waals surface area (Å²) < 4.78 is 1.95. The van der Waals surface area contributed by atoms with Crippen molar-refractivity contribution in [3.8, 4) is 6.07 Å². The maximum Gasteiger partial charge on any atom is 0.0912 e. The van der Waals surface area contributed by atoms with Gasteiger partial charge in [-0.3, -0.25) is 0 Å². The van der Waals surface area contributed by atoms with Crippen molar-refractivity contribution in [2.45, 2.75) is 0 Å². The molecule has 0 atom stereocenters. The van der Waals surface area contributed by atoms with Crippen LogP contribution in [0.1, 0.15) is 5.69 Å². The van der Waals surface area contributed by atoms with Gasteiger partial charge in [0.15, 0.2) is 0 Å². The van der Waals surface area contributed by atoms with Crippen molar-refractivity contribution in [3.63, 3.8) is 0 Å². The molecule has 0 aliphatic heterocycles. The van der Waals surface area contributed by atoms with E-state index in [0.717, 1.165) is 5.69 Å². The van der Waals surface area contributed by atoms with Gasteiger partial charge in [0.05, 0.1) is 6.07 Å². The van der Waals surface area contributed by atoms with Crippen molar-refractivity contribution in [1.29, 1.82) is 5.26 Å². The molecule has 0 aromatic carbocycles. The van der Waals surface area contributed by atoms with Gasteiger partial charge < -0.3 is 4.57 Å². The fourth-order valence-corrected chi connectivity index (χ4v) is 0.770. The van der Waals surface area contributed by atoms with Gasteiger partial charge >= 0.3 is 0 Å². The molecule has 0 spiro atoms. The maximum atomic E-state index is 8.21. The van der Waals surface area contributed by atoms with E-state index in [9.17, 15) is 0 Å². The SMILES string of the molecule is Cn1cccc1/C=C/C#N. The third kappa shape index (κ3) is 1.26. The average Bonchev–Trinajstić information content (AvgIpc) is 2.31. The third-order valence-electron chi connectivity index (χ3n) is 1.31. The Morgan fingerprint density at radius 1 is 1.70 bits per heavy atom. The molecule has 0 fully saturated rings. The first kappa shape index (κ1) is 6.63. The molecular weight excluding hydrogens is 124 g/mol. The summed E-state index contributed by atoms with van der Waals surface area (Å²) in [7, 11) is 1.94. The number of aromatic nitrogens is 1. The lowest BCUT2D eigenvalue weighted by Crippen LogP contribution is -1.85. The lowest BCUT2D eigenvalue weighted by molar-refractivity contribution is 0.915. The number of nitrogens with zero attached hydrogens (tertiary/aromatic N) is 2. The Morgan fingerprint density at radius 3 is 3.00 bits per heavy atom. The van der Waals surface area contributed by atoms with Crippen LogP contribution in [0.3, 0.4) is 0 Å². The number of nitriles is 1. The van der Waals surface area contributed by atoms with E-state index in [4.69, 9.17) is 5.26 Å². The first-order valence-electron chi connectivity index (χ1n) is 3.02. The predicted molar refractivity (Wildman–Crippen MR) is 40.1 cm³/mol. The molecule has 0 saturated carbocycles. The van der Waals surface area contributed by atoms with E-state index < -0.39 is 0 Å². The van der Waals surface area contributed by atoms with Crippen LogP contribution in [0.5, 0.6) is 0 Å². The summed E-state index contributed by atoms with van der Waals surface area (Å²) in [4.78, 5) is 0. The fraction of sp³-hybridized carbons (Fsp3) is 0.125. The van der Waals surface area contributed by atoms with E-state index in [-0.39, 0.29) is 0 Å². The lowest BCUT2D eigenvalue weighted by atomic mass is 10.4. The molecule has 50 valence electrons. The molecule has 1 aromatic rings. The maximum absolute atomic E-state index is 8.21. The first-order valence-corrected chi connectivity index (χ1v) is 3.02. The van der Waals surface area contributed by atoms with Crippen LogP contribution in [0.15, 0.2) is 24.4 Å². The number of rotatable bonds is 1. The van der Waals surface area contributed by atoms with Crippen molar-refractivity contribution in [3.05, 3.63) is 30.1 Å². The van der Waals surface area contributed by atoms with Crippen molar-refractivity contribution in [2.75, 3.05) is 0 Å². The number of allylic oxidation sites excluding steroid dienone is 1. The monoisotopic (exact) mass is 132 g/mol. The first-order chi connectivity index (χ1) is 4.84. The highest BCUT2D eigenvalue weighted by Crippen LogP contribution is 2.00. The molecule has 1 rings (SSSR count). The molecule has 2 nitrogen and oxygen atoms in total. The highest BCUT2D eigenvalue weighted by atomic mass is 14.9. The molecule has 0 N–H and O–H groups in total. The summed E-state index contributed by atoms with van der Waals surface area (Å²) in [5.41, 5.74) is 1.04.